The second-order valence-corrected chi connectivity index (χ2v) is 8.61. The third kappa shape index (κ3) is 4.64. The number of nitrogens with one attached hydrogen (secondary N) is 1. The van der Waals surface area contributed by atoms with Crippen molar-refractivity contribution in [1.82, 2.24) is 15.2 Å². The van der Waals surface area contributed by atoms with Crippen LogP contribution in [0.3, 0.4) is 0 Å². The summed E-state index contributed by atoms with van der Waals surface area (Å²) in [6.07, 6.45) is -0.426. The number of nitrogens with zero attached hydrogens (tertiary/aromatic N) is 3. The molecule has 3 aromatic carbocycles. The summed E-state index contributed by atoms with van der Waals surface area (Å²) in [4.78, 5) is 4.73. The number of ether oxygens (including phenoxy) is 2. The Morgan fingerprint density at radius 1 is 1.00 bits per heavy atom. The highest BCUT2D eigenvalue weighted by molar-refractivity contribution is 7.98. The number of fused-ring (bicyclic) bond motifs is 3. The molecular weight excluding hydrogens is 432 g/mol. The molecule has 7 heteroatoms. The molecule has 1 aromatic heterocycles. The molecule has 0 amide bonds. The van der Waals surface area contributed by atoms with Crippen LogP contribution in [0.25, 0.3) is 11.3 Å². The molecule has 6 nitrogen and oxygen atoms in total. The zero-order valence-corrected chi connectivity index (χ0v) is 19.3. The Kier molecular flexibility index (Phi) is 6.13. The van der Waals surface area contributed by atoms with E-state index in [0.29, 0.717) is 23.3 Å². The first-order valence-corrected chi connectivity index (χ1v) is 11.9. The van der Waals surface area contributed by atoms with Crippen molar-refractivity contribution in [2.45, 2.75) is 31.0 Å². The first-order valence-electron chi connectivity index (χ1n) is 10.9. The normalized spacial score (nSPS) is 14.3. The van der Waals surface area contributed by atoms with E-state index in [1.54, 1.807) is 0 Å². The van der Waals surface area contributed by atoms with Gasteiger partial charge in [0.15, 0.2) is 11.9 Å². The van der Waals surface area contributed by atoms with Crippen LogP contribution in [0.2, 0.25) is 0 Å². The van der Waals surface area contributed by atoms with Crippen LogP contribution < -0.4 is 14.8 Å². The fraction of sp³-hybridized carbons (Fsp3) is 0.192. The van der Waals surface area contributed by atoms with E-state index in [4.69, 9.17) is 14.5 Å². The predicted octanol–water partition coefficient (Wildman–Crippen LogP) is 6.04. The van der Waals surface area contributed by atoms with Gasteiger partial charge >= 0.3 is 0 Å². The highest BCUT2D eigenvalue weighted by Gasteiger charge is 2.26. The number of aryl methyl sites for hydroxylation is 1. The predicted molar refractivity (Wildman–Crippen MR) is 131 cm³/mol. The monoisotopic (exact) mass is 456 g/mol. The molecule has 33 heavy (non-hydrogen) atoms. The summed E-state index contributed by atoms with van der Waals surface area (Å²) < 4.78 is 12.1. The minimum Gasteiger partial charge on any atom is -0.494 e. The molecule has 0 unspecified atom stereocenters. The van der Waals surface area contributed by atoms with Crippen LogP contribution in [0.4, 0.5) is 5.69 Å². The van der Waals surface area contributed by atoms with Gasteiger partial charge in [0.05, 0.1) is 6.61 Å². The molecule has 4 aromatic rings. The van der Waals surface area contributed by atoms with E-state index in [2.05, 4.69) is 33.7 Å². The van der Waals surface area contributed by atoms with Gasteiger partial charge in [-0.25, -0.2) is 0 Å². The van der Waals surface area contributed by atoms with Crippen molar-refractivity contribution >= 4 is 17.4 Å². The minimum absolute atomic E-state index is 0.426. The lowest BCUT2D eigenvalue weighted by Crippen LogP contribution is -2.17. The van der Waals surface area contributed by atoms with E-state index in [1.165, 1.54) is 17.3 Å². The maximum Gasteiger partial charge on any atom is 0.247 e. The molecule has 1 N–H and O–H groups in total. The quantitative estimate of drug-likeness (QED) is 0.355. The molecule has 2 heterocycles. The maximum atomic E-state index is 6.39. The second kappa shape index (κ2) is 9.50. The van der Waals surface area contributed by atoms with E-state index in [-0.39, 0.29) is 0 Å². The van der Waals surface area contributed by atoms with Crippen molar-refractivity contribution in [3.05, 3.63) is 89.5 Å². The highest BCUT2D eigenvalue weighted by Crippen LogP contribution is 2.40. The van der Waals surface area contributed by atoms with E-state index >= 15 is 0 Å². The molecule has 1 aliphatic rings. The Labute approximate surface area is 197 Å². The SMILES string of the molecule is CCOc1ccc([C@H]2Nc3ccccc3-c3nnc(SCc4ccccc4)nc3O2)cc1C. The van der Waals surface area contributed by atoms with Crippen molar-refractivity contribution in [3.63, 3.8) is 0 Å². The lowest BCUT2D eigenvalue weighted by Gasteiger charge is -2.20. The number of hydrogen-bond donors (Lipinski definition) is 1. The van der Waals surface area contributed by atoms with Crippen LogP contribution in [-0.2, 0) is 5.75 Å². The van der Waals surface area contributed by atoms with Gasteiger partial charge in [-0.2, -0.15) is 4.98 Å². The Bertz CT molecular complexity index is 1270. The molecule has 0 spiro atoms. The van der Waals surface area contributed by atoms with Gasteiger partial charge in [-0.05, 0) is 49.2 Å². The zero-order valence-electron chi connectivity index (χ0n) is 18.5. The summed E-state index contributed by atoms with van der Waals surface area (Å²) in [6.45, 7) is 4.65. The largest absolute Gasteiger partial charge is 0.494 e. The van der Waals surface area contributed by atoms with Crippen molar-refractivity contribution in [1.29, 1.82) is 0 Å². The molecule has 0 aliphatic carbocycles. The minimum atomic E-state index is -0.426. The summed E-state index contributed by atoms with van der Waals surface area (Å²) in [5.41, 5.74) is 5.71. The first-order chi connectivity index (χ1) is 16.2. The summed E-state index contributed by atoms with van der Waals surface area (Å²) in [6, 6.07) is 24.3. The van der Waals surface area contributed by atoms with Crippen LogP contribution >= 0.6 is 11.8 Å². The fourth-order valence-corrected chi connectivity index (χ4v) is 4.47. The van der Waals surface area contributed by atoms with Crippen LogP contribution in [0.15, 0.2) is 78.0 Å². The third-order valence-corrected chi connectivity index (χ3v) is 6.25. The topological polar surface area (TPSA) is 69.2 Å². The molecule has 5 rings (SSSR count). The standard InChI is InChI=1S/C26H24N4O2S/c1-3-31-22-14-13-19(15-17(22)2)24-27-21-12-8-7-11-20(21)23-25(32-24)28-26(30-29-23)33-16-18-9-5-4-6-10-18/h4-15,24,27H,3,16H2,1-2H3/t24-/m0/s1. The van der Waals surface area contributed by atoms with Crippen LogP contribution in [0.5, 0.6) is 11.6 Å². The molecular formula is C26H24N4O2S. The van der Waals surface area contributed by atoms with Gasteiger partial charge in [0.2, 0.25) is 11.0 Å². The highest BCUT2D eigenvalue weighted by atomic mass is 32.2. The molecule has 0 bridgehead atoms. The molecule has 0 saturated carbocycles. The second-order valence-electron chi connectivity index (χ2n) is 7.67. The van der Waals surface area contributed by atoms with E-state index in [0.717, 1.165) is 33.9 Å². The number of anilines is 1. The molecule has 0 fully saturated rings. The van der Waals surface area contributed by atoms with Crippen molar-refractivity contribution in [3.8, 4) is 22.9 Å². The van der Waals surface area contributed by atoms with Gasteiger partial charge in [0, 0.05) is 22.6 Å². The van der Waals surface area contributed by atoms with Gasteiger partial charge in [0.25, 0.3) is 0 Å². The van der Waals surface area contributed by atoms with Gasteiger partial charge in [0.1, 0.15) is 5.75 Å². The smallest absolute Gasteiger partial charge is 0.247 e. The Balaban J connectivity index is 1.48. The first kappa shape index (κ1) is 21.3. The molecule has 1 atom stereocenters. The van der Waals surface area contributed by atoms with Crippen molar-refractivity contribution < 1.29 is 9.47 Å². The van der Waals surface area contributed by atoms with Gasteiger partial charge < -0.3 is 14.8 Å². The van der Waals surface area contributed by atoms with Gasteiger partial charge in [-0.15, -0.1) is 10.2 Å². The lowest BCUT2D eigenvalue weighted by atomic mass is 10.1. The van der Waals surface area contributed by atoms with Crippen LogP contribution in [0.1, 0.15) is 29.8 Å². The summed E-state index contributed by atoms with van der Waals surface area (Å²) in [7, 11) is 0. The van der Waals surface area contributed by atoms with Crippen molar-refractivity contribution in [2.24, 2.45) is 0 Å². The number of rotatable bonds is 6. The molecule has 0 saturated heterocycles. The van der Waals surface area contributed by atoms with Crippen molar-refractivity contribution in [2.75, 3.05) is 11.9 Å². The lowest BCUT2D eigenvalue weighted by molar-refractivity contribution is 0.225. The number of benzene rings is 3. The molecule has 166 valence electrons. The van der Waals surface area contributed by atoms with Gasteiger partial charge in [-0.3, -0.25) is 0 Å². The number of hydrogen-bond acceptors (Lipinski definition) is 7. The number of thioether (sulfide) groups is 1. The fourth-order valence-electron chi connectivity index (χ4n) is 3.73. The Hall–Kier alpha value is -3.58. The number of aromatic nitrogens is 3. The molecule has 0 radical (unpaired) electrons. The van der Waals surface area contributed by atoms with E-state index in [9.17, 15) is 0 Å². The van der Waals surface area contributed by atoms with Crippen LogP contribution in [-0.4, -0.2) is 21.8 Å². The van der Waals surface area contributed by atoms with E-state index in [1.807, 2.05) is 68.4 Å². The molecule has 1 aliphatic heterocycles. The summed E-state index contributed by atoms with van der Waals surface area (Å²) in [5, 5.41) is 13.0. The summed E-state index contributed by atoms with van der Waals surface area (Å²) in [5.74, 6) is 2.10. The van der Waals surface area contributed by atoms with Crippen LogP contribution in [0, 0.1) is 6.92 Å². The Morgan fingerprint density at radius 2 is 1.82 bits per heavy atom. The average molecular weight is 457 g/mol. The zero-order chi connectivity index (χ0) is 22.6. The average Bonchev–Trinajstić information content (AvgIpc) is 3.01. The van der Waals surface area contributed by atoms with E-state index < -0.39 is 6.23 Å². The number of para-hydroxylation sites is 1. The summed E-state index contributed by atoms with van der Waals surface area (Å²) >= 11 is 1.54. The Morgan fingerprint density at radius 3 is 2.64 bits per heavy atom. The van der Waals surface area contributed by atoms with Gasteiger partial charge in [-0.1, -0.05) is 60.3 Å². The maximum absolute atomic E-state index is 6.39. The third-order valence-electron chi connectivity index (χ3n) is 5.35.